The van der Waals surface area contributed by atoms with Gasteiger partial charge in [0.2, 0.25) is 0 Å². The molecule has 1 rings (SSSR count). The summed E-state index contributed by atoms with van der Waals surface area (Å²) in [5.41, 5.74) is 5.92. The topological polar surface area (TPSA) is 26.0 Å². The molecule has 1 aromatic rings. The van der Waals surface area contributed by atoms with E-state index in [-0.39, 0.29) is 30.6 Å². The van der Waals surface area contributed by atoms with Crippen LogP contribution in [0.3, 0.4) is 0 Å². The van der Waals surface area contributed by atoms with E-state index in [1.54, 1.807) is 12.1 Å². The highest BCUT2D eigenvalue weighted by Gasteiger charge is 1.93. The zero-order chi connectivity index (χ0) is 9.68. The van der Waals surface area contributed by atoms with E-state index in [1.165, 1.54) is 18.2 Å². The van der Waals surface area contributed by atoms with Crippen LogP contribution in [0.25, 0.3) is 0 Å². The Morgan fingerprint density at radius 3 is 2.36 bits per heavy atom. The zero-order valence-corrected chi connectivity index (χ0v) is 8.36. The second-order valence-corrected chi connectivity index (χ2v) is 2.69. The van der Waals surface area contributed by atoms with Crippen molar-refractivity contribution >= 4 is 12.4 Å². The van der Waals surface area contributed by atoms with Crippen LogP contribution in [0.2, 0.25) is 0 Å². The quantitative estimate of drug-likeness (QED) is 0.831. The summed E-state index contributed by atoms with van der Waals surface area (Å²) in [5, 5.41) is 0. The lowest BCUT2D eigenvalue weighted by atomic mass is 10.1. The van der Waals surface area contributed by atoms with Crippen molar-refractivity contribution in [2.45, 2.75) is 6.42 Å². The molecule has 0 bridgehead atoms. The molecule has 0 spiro atoms. The van der Waals surface area contributed by atoms with E-state index in [1.807, 2.05) is 0 Å². The summed E-state index contributed by atoms with van der Waals surface area (Å²) < 4.78 is 25.0. The van der Waals surface area contributed by atoms with E-state index in [4.69, 9.17) is 5.73 Å². The predicted molar refractivity (Wildman–Crippen MR) is 55.6 cm³/mol. The summed E-state index contributed by atoms with van der Waals surface area (Å²) in [5.74, 6) is -0.628. The Hall–Kier alpha value is -0.930. The van der Waals surface area contributed by atoms with Gasteiger partial charge < -0.3 is 5.73 Å². The fourth-order valence-corrected chi connectivity index (χ4v) is 0.932. The highest BCUT2D eigenvalue weighted by molar-refractivity contribution is 5.85. The monoisotopic (exact) mass is 219 g/mol. The van der Waals surface area contributed by atoms with E-state index >= 15 is 0 Å². The minimum absolute atomic E-state index is 0. The maximum atomic E-state index is 12.6. The van der Waals surface area contributed by atoms with Crippen LogP contribution in [0.4, 0.5) is 8.78 Å². The third-order valence-corrected chi connectivity index (χ3v) is 1.67. The summed E-state index contributed by atoms with van der Waals surface area (Å²) in [6, 6.07) is 5.94. The summed E-state index contributed by atoms with van der Waals surface area (Å²) in [6.07, 6.45) is 1.84. The first kappa shape index (κ1) is 13.1. The van der Waals surface area contributed by atoms with Crippen molar-refractivity contribution in [3.05, 3.63) is 47.5 Å². The molecule has 0 amide bonds. The highest BCUT2D eigenvalue weighted by Crippen LogP contribution is 2.05. The van der Waals surface area contributed by atoms with Crippen molar-refractivity contribution in [1.29, 1.82) is 0 Å². The lowest BCUT2D eigenvalue weighted by Gasteiger charge is -1.96. The first-order valence-electron chi connectivity index (χ1n) is 4.01. The Bertz CT molecular complexity index is 295. The van der Waals surface area contributed by atoms with Gasteiger partial charge in [0.25, 0.3) is 0 Å². The molecule has 1 aromatic carbocycles. The maximum Gasteiger partial charge on any atom is 0.123 e. The first-order valence-corrected chi connectivity index (χ1v) is 4.01. The van der Waals surface area contributed by atoms with Gasteiger partial charge in [-0.3, -0.25) is 0 Å². The number of hydrogen-bond donors (Lipinski definition) is 1. The summed E-state index contributed by atoms with van der Waals surface area (Å²) in [7, 11) is 0. The van der Waals surface area contributed by atoms with Gasteiger partial charge >= 0.3 is 0 Å². The van der Waals surface area contributed by atoms with Crippen molar-refractivity contribution in [1.82, 2.24) is 0 Å². The Kier molecular flexibility index (Phi) is 6.08. The summed E-state index contributed by atoms with van der Waals surface area (Å²) >= 11 is 0. The molecule has 0 saturated carbocycles. The summed E-state index contributed by atoms with van der Waals surface area (Å²) in [6.45, 7) is -0.0821. The third kappa shape index (κ3) is 4.35. The van der Waals surface area contributed by atoms with E-state index in [2.05, 4.69) is 0 Å². The second kappa shape index (κ2) is 6.51. The molecule has 0 aliphatic heterocycles. The van der Waals surface area contributed by atoms with Gasteiger partial charge in [0.1, 0.15) is 11.6 Å². The summed E-state index contributed by atoms with van der Waals surface area (Å²) in [4.78, 5) is 0. The van der Waals surface area contributed by atoms with E-state index in [9.17, 15) is 8.78 Å². The Labute approximate surface area is 88.0 Å². The Morgan fingerprint density at radius 2 is 1.86 bits per heavy atom. The average molecular weight is 220 g/mol. The largest absolute Gasteiger partial charge is 0.325 e. The molecule has 4 heteroatoms. The minimum atomic E-state index is -0.343. The Balaban J connectivity index is 0.00000169. The van der Waals surface area contributed by atoms with Crippen LogP contribution in [-0.4, -0.2) is 6.54 Å². The molecular formula is C10H12ClF2N. The van der Waals surface area contributed by atoms with Crippen LogP contribution >= 0.6 is 12.4 Å². The van der Waals surface area contributed by atoms with Crippen molar-refractivity contribution in [2.75, 3.05) is 6.54 Å². The van der Waals surface area contributed by atoms with Crippen molar-refractivity contribution in [3.63, 3.8) is 0 Å². The van der Waals surface area contributed by atoms with Crippen LogP contribution in [-0.2, 0) is 6.42 Å². The van der Waals surface area contributed by atoms with E-state index in [0.717, 1.165) is 5.56 Å². The third-order valence-electron chi connectivity index (χ3n) is 1.67. The van der Waals surface area contributed by atoms with Crippen LogP contribution in [0.5, 0.6) is 0 Å². The van der Waals surface area contributed by atoms with Gasteiger partial charge in [-0.2, -0.15) is 0 Å². The molecule has 0 fully saturated rings. The molecule has 0 unspecified atom stereocenters. The van der Waals surface area contributed by atoms with Gasteiger partial charge in [0, 0.05) is 6.54 Å². The van der Waals surface area contributed by atoms with Crippen LogP contribution in [0.15, 0.2) is 36.2 Å². The molecule has 78 valence electrons. The molecule has 0 atom stereocenters. The lowest BCUT2D eigenvalue weighted by Crippen LogP contribution is -1.99. The van der Waals surface area contributed by atoms with Gasteiger partial charge in [0.15, 0.2) is 0 Å². The van der Waals surface area contributed by atoms with Crippen molar-refractivity contribution in [2.24, 2.45) is 5.73 Å². The van der Waals surface area contributed by atoms with Gasteiger partial charge in [0.05, 0.1) is 0 Å². The number of allylic oxidation sites excluding steroid dienone is 1. The fraction of sp³-hybridized carbons (Fsp3) is 0.200. The molecule has 0 aliphatic rings. The second-order valence-electron chi connectivity index (χ2n) is 2.69. The molecule has 0 radical (unpaired) electrons. The average Bonchev–Trinajstić information content (AvgIpc) is 2.16. The first-order chi connectivity index (χ1) is 6.22. The molecule has 1 nitrogen and oxygen atoms in total. The predicted octanol–water partition coefficient (Wildman–Crippen LogP) is 2.60. The fourth-order valence-electron chi connectivity index (χ4n) is 0.932. The van der Waals surface area contributed by atoms with Gasteiger partial charge in [-0.15, -0.1) is 12.4 Å². The van der Waals surface area contributed by atoms with Gasteiger partial charge in [-0.05, 0) is 30.2 Å². The number of rotatable bonds is 3. The van der Waals surface area contributed by atoms with Gasteiger partial charge in [-0.25, -0.2) is 8.78 Å². The molecule has 0 aromatic heterocycles. The molecular weight excluding hydrogens is 208 g/mol. The molecule has 0 heterocycles. The van der Waals surface area contributed by atoms with Gasteiger partial charge in [-0.1, -0.05) is 12.1 Å². The lowest BCUT2D eigenvalue weighted by molar-refractivity contribution is 0.613. The number of nitrogens with two attached hydrogens (primary N) is 1. The van der Waals surface area contributed by atoms with Crippen LogP contribution in [0, 0.1) is 5.82 Å². The highest BCUT2D eigenvalue weighted by atomic mass is 35.5. The van der Waals surface area contributed by atoms with Crippen molar-refractivity contribution < 1.29 is 8.78 Å². The zero-order valence-electron chi connectivity index (χ0n) is 7.54. The standard InChI is InChI=1S/C10H11F2N.ClH/c11-9-4-1-8(2-5-9)3-6-10(12)7-13;/h1-2,4-6H,3,7,13H2;1H. The van der Waals surface area contributed by atoms with Crippen LogP contribution < -0.4 is 5.73 Å². The minimum Gasteiger partial charge on any atom is -0.325 e. The number of halogens is 3. The molecule has 14 heavy (non-hydrogen) atoms. The normalized spacial score (nSPS) is 10.9. The smallest absolute Gasteiger partial charge is 0.123 e. The number of benzene rings is 1. The Morgan fingerprint density at radius 1 is 1.29 bits per heavy atom. The van der Waals surface area contributed by atoms with Crippen molar-refractivity contribution in [3.8, 4) is 0 Å². The molecule has 0 aliphatic carbocycles. The van der Waals surface area contributed by atoms with E-state index < -0.39 is 0 Å². The van der Waals surface area contributed by atoms with Crippen LogP contribution in [0.1, 0.15) is 5.56 Å². The SMILES string of the molecule is Cl.NCC(F)=CCc1ccc(F)cc1. The van der Waals surface area contributed by atoms with E-state index in [0.29, 0.717) is 6.42 Å². The molecule has 2 N–H and O–H groups in total. The maximum absolute atomic E-state index is 12.6. The molecule has 0 saturated heterocycles. The number of hydrogen-bond acceptors (Lipinski definition) is 1.